The second kappa shape index (κ2) is 38.2. The van der Waals surface area contributed by atoms with Crippen molar-refractivity contribution in [2.45, 2.75) is 122 Å². The molecule has 2 saturated heterocycles. The molecule has 30 nitrogen and oxygen atoms in total. The SMILES string of the molecule is C=C1C[C@@H](CO)N(C(=O)c2cc(OC)c(OCCCCCOc3cc(NC(=O)OCc4ccc(B(O)O)cc4)c(C(=O)N4CC(=C)C[C@H]4CO)cc3OC)cc2NC(=O)OCc2ccc(NC(=O)[C@H](CCCNC(N)=O)NC(=O)[C@@H](NC(=O)CCCCCN3C(=O)C=CC3=O)C(C)C)cc2)C1. The van der Waals surface area contributed by atoms with Crippen molar-refractivity contribution in [1.82, 2.24) is 30.7 Å². The first kappa shape index (κ1) is 77.9. The summed E-state index contributed by atoms with van der Waals surface area (Å²) in [5.41, 5.74) is 8.37. The predicted molar refractivity (Wildman–Crippen MR) is 371 cm³/mol. The monoisotopic (exact) mass is 1400 g/mol. The lowest BCUT2D eigenvalue weighted by Crippen LogP contribution is -2.54. The van der Waals surface area contributed by atoms with Crippen LogP contribution in [0.4, 0.5) is 31.4 Å². The minimum Gasteiger partial charge on any atom is -0.493 e. The molecule has 11 amide bonds. The minimum atomic E-state index is -1.68. The number of carbonyl (C=O) groups is 10. The Labute approximate surface area is 585 Å². The number of hydrogen-bond donors (Lipinski definition) is 11. The third-order valence-corrected chi connectivity index (χ3v) is 16.8. The zero-order valence-corrected chi connectivity index (χ0v) is 57.1. The van der Waals surface area contributed by atoms with Crippen molar-refractivity contribution >= 4 is 89.2 Å². The zero-order valence-electron chi connectivity index (χ0n) is 57.1. The van der Waals surface area contributed by atoms with E-state index >= 15 is 0 Å². The van der Waals surface area contributed by atoms with E-state index in [9.17, 15) is 68.2 Å². The number of nitrogens with one attached hydrogen (secondary N) is 6. The normalized spacial score (nSPS) is 15.4. The van der Waals surface area contributed by atoms with Crippen molar-refractivity contribution in [2.24, 2.45) is 11.7 Å². The van der Waals surface area contributed by atoms with E-state index in [1.165, 1.54) is 72.6 Å². The van der Waals surface area contributed by atoms with Crippen LogP contribution in [0.3, 0.4) is 0 Å². The molecule has 0 saturated carbocycles. The molecule has 31 heteroatoms. The Morgan fingerprint density at radius 1 is 0.624 bits per heavy atom. The number of rotatable bonds is 37. The summed E-state index contributed by atoms with van der Waals surface area (Å²) in [5, 5.41) is 55.3. The Hall–Kier alpha value is -10.5. The van der Waals surface area contributed by atoms with Gasteiger partial charge in [-0.25, -0.2) is 14.4 Å². The molecule has 7 rings (SSSR count). The van der Waals surface area contributed by atoms with Crippen molar-refractivity contribution in [3.63, 3.8) is 0 Å². The molecule has 0 spiro atoms. The van der Waals surface area contributed by atoms with E-state index in [0.717, 1.165) is 16.0 Å². The van der Waals surface area contributed by atoms with E-state index in [2.05, 4.69) is 45.1 Å². The molecule has 542 valence electrons. The van der Waals surface area contributed by atoms with Gasteiger partial charge in [-0.05, 0) is 105 Å². The molecule has 3 heterocycles. The molecule has 3 aliphatic rings. The standard InChI is InChI=1S/C70H89BN10O20/c1-42(2)63(78-60(84)15-9-7-10-27-79-61(85)24-25-62(79)86)65(88)75-53(14-13-26-73-68(72)91)64(87)74-48-22-18-46(19-23-48)41-101-70(93)77-55-35-59(57(97-6)33-52(55)67(90)81-37-44(4)31-50(81)39-83)99-29-12-8-11-28-98-58-34-54(76-69(92)100-40-45-16-20-47(21-17-45)71(94)95)51(32-56(58)96-5)66(89)80-36-43(3)30-49(80)38-82/h16-25,32-35,42,49-50,53,63,82-83,94-95H,3-4,7-15,26-31,36-41H2,1-2,5-6H3,(H,74,87)(H,75,88)(H,76,92)(H,77,93)(H,78,84)(H3,72,73,91)/t49-,50-,53-,63-/m0/s1. The number of likely N-dealkylation sites (tertiary alicyclic amines) is 2. The van der Waals surface area contributed by atoms with Gasteiger partial charge in [0.2, 0.25) is 17.7 Å². The summed E-state index contributed by atoms with van der Waals surface area (Å²) in [6.07, 6.45) is 4.65. The van der Waals surface area contributed by atoms with Crippen LogP contribution in [0, 0.1) is 5.92 Å². The lowest BCUT2D eigenvalue weighted by atomic mass is 9.80. The number of nitrogens with zero attached hydrogens (tertiary/aromatic N) is 3. The first-order chi connectivity index (χ1) is 48.4. The van der Waals surface area contributed by atoms with Crippen LogP contribution >= 0.6 is 0 Å². The maximum Gasteiger partial charge on any atom is 0.488 e. The van der Waals surface area contributed by atoms with Crippen LogP contribution in [0.2, 0.25) is 0 Å². The molecule has 4 aromatic carbocycles. The highest BCUT2D eigenvalue weighted by molar-refractivity contribution is 6.58. The third-order valence-electron chi connectivity index (χ3n) is 16.8. The fraction of sp³-hybridized carbons (Fsp3) is 0.429. The summed E-state index contributed by atoms with van der Waals surface area (Å²) in [4.78, 5) is 135. The average Bonchev–Trinajstić information content (AvgIpc) is 1.79. The first-order valence-corrected chi connectivity index (χ1v) is 33.2. The van der Waals surface area contributed by atoms with E-state index in [0.29, 0.717) is 68.2 Å². The molecule has 4 atom stereocenters. The van der Waals surface area contributed by atoms with Gasteiger partial charge >= 0.3 is 25.3 Å². The van der Waals surface area contributed by atoms with E-state index in [-0.39, 0.29) is 148 Å². The fourth-order valence-electron chi connectivity index (χ4n) is 11.3. The average molecular weight is 1400 g/mol. The summed E-state index contributed by atoms with van der Waals surface area (Å²) >= 11 is 0. The summed E-state index contributed by atoms with van der Waals surface area (Å²) < 4.78 is 34.8. The molecule has 12 N–H and O–H groups in total. The number of carbonyl (C=O) groups excluding carboxylic acids is 10. The highest BCUT2D eigenvalue weighted by Crippen LogP contribution is 2.38. The van der Waals surface area contributed by atoms with E-state index in [4.69, 9.17) is 34.2 Å². The van der Waals surface area contributed by atoms with Gasteiger partial charge in [0.15, 0.2) is 23.0 Å². The van der Waals surface area contributed by atoms with Crippen LogP contribution in [-0.4, -0.2) is 193 Å². The molecule has 0 radical (unpaired) electrons. The van der Waals surface area contributed by atoms with E-state index in [1.807, 2.05) is 0 Å². The van der Waals surface area contributed by atoms with Crippen LogP contribution < -0.4 is 62.0 Å². The summed E-state index contributed by atoms with van der Waals surface area (Å²) in [6.45, 7) is 11.3. The van der Waals surface area contributed by atoms with Crippen LogP contribution in [0.1, 0.15) is 116 Å². The Bertz CT molecular complexity index is 3660. The van der Waals surface area contributed by atoms with Crippen LogP contribution in [-0.2, 0) is 46.7 Å². The number of ether oxygens (including phenoxy) is 6. The molecule has 101 heavy (non-hydrogen) atoms. The number of imide groups is 1. The van der Waals surface area contributed by atoms with Gasteiger partial charge < -0.3 is 85.5 Å². The topological polar surface area (TPSA) is 415 Å². The number of hydrogen-bond acceptors (Lipinski definition) is 20. The van der Waals surface area contributed by atoms with Crippen molar-refractivity contribution in [3.05, 3.63) is 132 Å². The van der Waals surface area contributed by atoms with E-state index < -0.39 is 85.0 Å². The van der Waals surface area contributed by atoms with Crippen molar-refractivity contribution in [1.29, 1.82) is 0 Å². The predicted octanol–water partition coefficient (Wildman–Crippen LogP) is 4.53. The largest absolute Gasteiger partial charge is 0.493 e. The third kappa shape index (κ3) is 22.8. The van der Waals surface area contributed by atoms with Crippen molar-refractivity contribution < 1.29 is 96.6 Å². The minimum absolute atomic E-state index is 0.00100. The highest BCUT2D eigenvalue weighted by atomic mass is 16.6. The Kier molecular flexibility index (Phi) is 29.4. The molecule has 0 aliphatic carbocycles. The smallest absolute Gasteiger partial charge is 0.488 e. The molecule has 0 bridgehead atoms. The van der Waals surface area contributed by atoms with E-state index in [1.54, 1.807) is 50.2 Å². The summed E-state index contributed by atoms with van der Waals surface area (Å²) in [5.74, 6) is -3.14. The Morgan fingerprint density at radius 3 is 1.58 bits per heavy atom. The van der Waals surface area contributed by atoms with Gasteiger partial charge in [-0.1, -0.05) is 81.0 Å². The molecular formula is C70H89BN10O20. The van der Waals surface area contributed by atoms with Crippen LogP contribution in [0.15, 0.2) is 109 Å². The Morgan fingerprint density at radius 2 is 1.12 bits per heavy atom. The second-order valence-corrected chi connectivity index (χ2v) is 24.8. The molecule has 2 fully saturated rings. The lowest BCUT2D eigenvalue weighted by molar-refractivity contribution is -0.137. The summed E-state index contributed by atoms with van der Waals surface area (Å²) in [6, 6.07) is 14.0. The Balaban J connectivity index is 0.955. The lowest BCUT2D eigenvalue weighted by Gasteiger charge is -2.25. The van der Waals surface area contributed by atoms with Gasteiger partial charge in [0, 0.05) is 62.6 Å². The number of anilines is 3. The van der Waals surface area contributed by atoms with Gasteiger partial charge in [0.25, 0.3) is 23.6 Å². The van der Waals surface area contributed by atoms with Gasteiger partial charge in [-0.2, -0.15) is 0 Å². The number of aliphatic hydroxyl groups is 2. The van der Waals surface area contributed by atoms with Gasteiger partial charge in [-0.3, -0.25) is 49.1 Å². The number of unbranched alkanes of at least 4 members (excludes halogenated alkanes) is 4. The van der Waals surface area contributed by atoms with Crippen molar-refractivity contribution in [3.8, 4) is 23.0 Å². The quantitative estimate of drug-likeness (QED) is 0.0128. The zero-order chi connectivity index (χ0) is 73.3. The maximum atomic E-state index is 14.3. The number of nitrogens with two attached hydrogens (primary N) is 1. The van der Waals surface area contributed by atoms with Crippen LogP contribution in [0.5, 0.6) is 23.0 Å². The number of benzene rings is 4. The molecule has 4 aromatic rings. The van der Waals surface area contributed by atoms with Crippen LogP contribution in [0.25, 0.3) is 0 Å². The van der Waals surface area contributed by atoms with Gasteiger partial charge in [-0.15, -0.1) is 0 Å². The number of primary amides is 1. The molecule has 0 aromatic heterocycles. The second-order valence-electron chi connectivity index (χ2n) is 24.8. The number of methoxy groups -OCH3 is 2. The number of amides is 11. The fourth-order valence-corrected chi connectivity index (χ4v) is 11.3. The number of urea groups is 1. The van der Waals surface area contributed by atoms with Crippen molar-refractivity contribution in [2.75, 3.05) is 82.8 Å². The molecular weight excluding hydrogens is 1310 g/mol. The maximum absolute atomic E-state index is 14.3. The summed E-state index contributed by atoms with van der Waals surface area (Å²) in [7, 11) is 1.11. The highest BCUT2D eigenvalue weighted by Gasteiger charge is 2.36. The van der Waals surface area contributed by atoms with Gasteiger partial charge in [0.05, 0.1) is 75.2 Å². The van der Waals surface area contributed by atoms with Gasteiger partial charge in [0.1, 0.15) is 25.3 Å². The molecule has 0 unspecified atom stereocenters. The number of aliphatic hydroxyl groups excluding tert-OH is 2. The molecule has 3 aliphatic heterocycles. The first-order valence-electron chi connectivity index (χ1n) is 33.2.